The Hall–Kier alpha value is -1.88. The predicted molar refractivity (Wildman–Crippen MR) is 115 cm³/mol. The van der Waals surface area contributed by atoms with E-state index in [-0.39, 0.29) is 23.1 Å². The van der Waals surface area contributed by atoms with Crippen LogP contribution in [0.4, 0.5) is 9.80 Å². The molecule has 3 heterocycles. The molecular weight excluding hydrogens is 462 g/mol. The molecule has 30 heavy (non-hydrogen) atoms. The van der Waals surface area contributed by atoms with E-state index in [0.29, 0.717) is 36.7 Å². The molecule has 1 amide bonds. The molecule has 2 bridgehead atoms. The Morgan fingerprint density at radius 2 is 1.87 bits per heavy atom. The molecule has 3 atom stereocenters. The van der Waals surface area contributed by atoms with Crippen LogP contribution in [0.5, 0.6) is 0 Å². The monoisotopic (exact) mass is 489 g/mol. The Morgan fingerprint density at radius 3 is 2.43 bits per heavy atom. The van der Waals surface area contributed by atoms with Gasteiger partial charge in [-0.3, -0.25) is 4.90 Å². The van der Waals surface area contributed by atoms with Crippen LogP contribution in [-0.4, -0.2) is 43.4 Å². The molecule has 1 aromatic heterocycles. The number of carbonyl (C=O) groups excluding carboxylic acids is 1. The summed E-state index contributed by atoms with van der Waals surface area (Å²) in [7, 11) is 4.70. The van der Waals surface area contributed by atoms with Crippen LogP contribution < -0.4 is 21.9 Å². The molecule has 1 aromatic carbocycles. The highest BCUT2D eigenvalue weighted by Crippen LogP contribution is 2.42. The number of halogens is 1. The highest BCUT2D eigenvalue weighted by Gasteiger charge is 2.49. The van der Waals surface area contributed by atoms with Crippen LogP contribution in [0.3, 0.4) is 0 Å². The van der Waals surface area contributed by atoms with E-state index in [0.717, 1.165) is 27.9 Å². The summed E-state index contributed by atoms with van der Waals surface area (Å²) in [5.41, 5.74) is 1.59. The van der Waals surface area contributed by atoms with E-state index >= 15 is 0 Å². The third kappa shape index (κ3) is 4.72. The SMILES string of the molecule is C[N+]1(C)[C@@H]2CC[C@H]1CC(COC(=O)N(Cc1ccc(C#N)cc1)c1cccs1)C2.[Br-]. The minimum absolute atomic E-state index is 0. The van der Waals surface area contributed by atoms with Crippen LogP contribution in [0.25, 0.3) is 0 Å². The molecular formula is C23H28BrN3O2S. The van der Waals surface area contributed by atoms with Crippen molar-refractivity contribution in [3.63, 3.8) is 0 Å². The summed E-state index contributed by atoms with van der Waals surface area (Å²) in [5.74, 6) is 0.461. The normalized spacial score (nSPS) is 23.8. The quantitative estimate of drug-likeness (QED) is 0.601. The number of fused-ring (bicyclic) bond motifs is 2. The Balaban J connectivity index is 0.00000256. The molecule has 0 N–H and O–H groups in total. The Morgan fingerprint density at radius 1 is 1.20 bits per heavy atom. The summed E-state index contributed by atoms with van der Waals surface area (Å²) in [6.45, 7) is 0.936. The average Bonchev–Trinajstić information content (AvgIpc) is 3.26. The number of nitrogens with zero attached hydrogens (tertiary/aromatic N) is 3. The molecule has 0 radical (unpaired) electrons. The first-order valence-corrected chi connectivity index (χ1v) is 11.2. The number of piperidine rings is 1. The van der Waals surface area contributed by atoms with Crippen molar-refractivity contribution in [2.45, 2.75) is 44.3 Å². The van der Waals surface area contributed by atoms with Crippen LogP contribution in [0.1, 0.15) is 36.8 Å². The maximum atomic E-state index is 13.0. The number of quaternary nitrogens is 1. The van der Waals surface area contributed by atoms with E-state index < -0.39 is 0 Å². The smallest absolute Gasteiger partial charge is 0.415 e. The number of ether oxygens (including phenoxy) is 1. The van der Waals surface area contributed by atoms with Crippen molar-refractivity contribution in [2.75, 3.05) is 25.6 Å². The highest BCUT2D eigenvalue weighted by atomic mass is 79.9. The van der Waals surface area contributed by atoms with Gasteiger partial charge in [0.1, 0.15) is 5.00 Å². The van der Waals surface area contributed by atoms with Gasteiger partial charge in [-0.15, -0.1) is 11.3 Å². The lowest BCUT2D eigenvalue weighted by Crippen LogP contribution is -3.00. The van der Waals surface area contributed by atoms with Crippen LogP contribution in [0, 0.1) is 17.2 Å². The molecule has 5 nitrogen and oxygen atoms in total. The number of thiophene rings is 1. The molecule has 2 aromatic rings. The van der Waals surface area contributed by atoms with Gasteiger partial charge in [-0.1, -0.05) is 12.1 Å². The zero-order chi connectivity index (χ0) is 20.4. The van der Waals surface area contributed by atoms with E-state index in [1.54, 1.807) is 17.0 Å². The third-order valence-electron chi connectivity index (χ3n) is 6.78. The third-order valence-corrected chi connectivity index (χ3v) is 7.68. The van der Waals surface area contributed by atoms with Crippen LogP contribution >= 0.6 is 11.3 Å². The zero-order valence-electron chi connectivity index (χ0n) is 17.5. The fourth-order valence-electron chi connectivity index (χ4n) is 4.92. The van der Waals surface area contributed by atoms with Crippen molar-refractivity contribution in [3.05, 3.63) is 52.9 Å². The van der Waals surface area contributed by atoms with E-state index in [1.807, 2.05) is 29.6 Å². The first kappa shape index (κ1) is 22.8. The van der Waals surface area contributed by atoms with Crippen molar-refractivity contribution in [1.29, 1.82) is 5.26 Å². The highest BCUT2D eigenvalue weighted by molar-refractivity contribution is 7.14. The molecule has 7 heteroatoms. The predicted octanol–water partition coefficient (Wildman–Crippen LogP) is 1.78. The van der Waals surface area contributed by atoms with Crippen molar-refractivity contribution in [2.24, 2.45) is 5.92 Å². The summed E-state index contributed by atoms with van der Waals surface area (Å²) in [5, 5.41) is 11.8. The Kier molecular flexibility index (Phi) is 7.22. The second-order valence-electron chi connectivity index (χ2n) is 8.77. The fourth-order valence-corrected chi connectivity index (χ4v) is 5.64. The van der Waals surface area contributed by atoms with Gasteiger partial charge in [-0.25, -0.2) is 4.79 Å². The van der Waals surface area contributed by atoms with Crippen molar-refractivity contribution >= 4 is 22.4 Å². The second-order valence-corrected chi connectivity index (χ2v) is 9.70. The summed E-state index contributed by atoms with van der Waals surface area (Å²) in [4.78, 5) is 14.7. The number of anilines is 1. The number of carbonyl (C=O) groups is 1. The van der Waals surface area contributed by atoms with Gasteiger partial charge in [0.2, 0.25) is 0 Å². The number of amides is 1. The summed E-state index contributed by atoms with van der Waals surface area (Å²) < 4.78 is 6.94. The van der Waals surface area contributed by atoms with Gasteiger partial charge in [-0.2, -0.15) is 5.26 Å². The summed E-state index contributed by atoms with van der Waals surface area (Å²) in [6, 6.07) is 14.8. The molecule has 2 fully saturated rings. The molecule has 0 saturated carbocycles. The van der Waals surface area contributed by atoms with Crippen molar-refractivity contribution in [1.82, 2.24) is 0 Å². The Bertz CT molecular complexity index is 876. The topological polar surface area (TPSA) is 53.3 Å². The maximum absolute atomic E-state index is 13.0. The lowest BCUT2D eigenvalue weighted by atomic mass is 9.90. The van der Waals surface area contributed by atoms with Crippen LogP contribution in [0.15, 0.2) is 41.8 Å². The number of hydrogen-bond acceptors (Lipinski definition) is 4. The summed E-state index contributed by atoms with van der Waals surface area (Å²) in [6.07, 6.45) is 4.59. The zero-order valence-corrected chi connectivity index (χ0v) is 19.9. The van der Waals surface area contributed by atoms with Gasteiger partial charge in [0.15, 0.2) is 0 Å². The van der Waals surface area contributed by atoms with E-state index in [1.165, 1.54) is 24.2 Å². The number of nitriles is 1. The number of benzene rings is 1. The van der Waals surface area contributed by atoms with Gasteiger partial charge in [-0.05, 0) is 35.2 Å². The lowest BCUT2D eigenvalue weighted by molar-refractivity contribution is -0.931. The summed E-state index contributed by atoms with van der Waals surface area (Å²) >= 11 is 1.53. The largest absolute Gasteiger partial charge is 1.00 e. The number of rotatable bonds is 5. The van der Waals surface area contributed by atoms with Gasteiger partial charge in [0, 0.05) is 31.6 Å². The molecule has 4 rings (SSSR count). The van der Waals surface area contributed by atoms with E-state index in [9.17, 15) is 4.79 Å². The molecule has 0 spiro atoms. The van der Waals surface area contributed by atoms with E-state index in [4.69, 9.17) is 10.00 Å². The van der Waals surface area contributed by atoms with Gasteiger partial charge in [0.25, 0.3) is 0 Å². The van der Waals surface area contributed by atoms with Gasteiger partial charge >= 0.3 is 6.09 Å². The minimum Gasteiger partial charge on any atom is -1.00 e. The standard InChI is InChI=1S/C23H28N3O2S.BrH/c1-26(2)20-9-10-21(26)13-19(12-20)16-28-23(27)25(22-4-3-11-29-22)15-18-7-5-17(14-24)6-8-18;/h3-8,11,19-21H,9-10,12-13,15-16H2,1-2H3;1H/q+1;/p-1/t19?,20-,21+;. The lowest BCUT2D eigenvalue weighted by Gasteiger charge is -2.44. The number of hydrogen-bond donors (Lipinski definition) is 0. The first-order valence-electron chi connectivity index (χ1n) is 10.3. The average molecular weight is 490 g/mol. The van der Waals surface area contributed by atoms with Gasteiger partial charge < -0.3 is 26.2 Å². The minimum atomic E-state index is -0.288. The molecule has 0 aliphatic carbocycles. The molecule has 2 aliphatic heterocycles. The molecule has 2 aliphatic rings. The fraction of sp³-hybridized carbons (Fsp3) is 0.478. The molecule has 160 valence electrons. The van der Waals surface area contributed by atoms with E-state index in [2.05, 4.69) is 20.2 Å². The first-order chi connectivity index (χ1) is 14.0. The second kappa shape index (κ2) is 9.51. The van der Waals surface area contributed by atoms with Crippen molar-refractivity contribution < 1.29 is 31.0 Å². The molecule has 2 saturated heterocycles. The van der Waals surface area contributed by atoms with Crippen molar-refractivity contribution in [3.8, 4) is 6.07 Å². The maximum Gasteiger partial charge on any atom is 0.415 e. The Labute approximate surface area is 193 Å². The van der Waals surface area contributed by atoms with Gasteiger partial charge in [0.05, 0.1) is 51.0 Å². The molecule has 1 unspecified atom stereocenters. The van der Waals surface area contributed by atoms with Crippen LogP contribution in [-0.2, 0) is 11.3 Å². The van der Waals surface area contributed by atoms with Crippen LogP contribution in [0.2, 0.25) is 0 Å².